The first kappa shape index (κ1) is 14.0. The van der Waals surface area contributed by atoms with Gasteiger partial charge in [0, 0.05) is 5.56 Å². The third-order valence-electron chi connectivity index (χ3n) is 2.85. The molecule has 1 N–H and O–H groups in total. The Morgan fingerprint density at radius 2 is 1.94 bits per heavy atom. The average molecular weight is 236 g/mol. The molecule has 0 spiro atoms. The van der Waals surface area contributed by atoms with Crippen molar-refractivity contribution in [3.05, 3.63) is 29.3 Å². The lowest BCUT2D eigenvalue weighted by Gasteiger charge is -2.21. The van der Waals surface area contributed by atoms with E-state index in [1.807, 2.05) is 12.1 Å². The third kappa shape index (κ3) is 4.04. The standard InChI is InChI=1S/C15H24O2/c1-5-6-9-17-14-8-7-13(15(2,3)4)10-12(14)11-16/h7-8,10,16H,5-6,9,11H2,1-4H3. The van der Waals surface area contributed by atoms with E-state index in [2.05, 4.69) is 33.8 Å². The summed E-state index contributed by atoms with van der Waals surface area (Å²) >= 11 is 0. The summed E-state index contributed by atoms with van der Waals surface area (Å²) in [6.45, 7) is 9.39. The molecule has 17 heavy (non-hydrogen) atoms. The summed E-state index contributed by atoms with van der Waals surface area (Å²) in [7, 11) is 0. The van der Waals surface area contributed by atoms with E-state index in [0.717, 1.165) is 30.8 Å². The van der Waals surface area contributed by atoms with Crippen molar-refractivity contribution >= 4 is 0 Å². The fourth-order valence-electron chi connectivity index (χ4n) is 1.64. The predicted molar refractivity (Wildman–Crippen MR) is 71.5 cm³/mol. The first-order chi connectivity index (χ1) is 7.99. The molecule has 96 valence electrons. The van der Waals surface area contributed by atoms with Crippen molar-refractivity contribution in [2.45, 2.75) is 52.6 Å². The highest BCUT2D eigenvalue weighted by molar-refractivity contribution is 5.39. The van der Waals surface area contributed by atoms with Crippen LogP contribution >= 0.6 is 0 Å². The van der Waals surface area contributed by atoms with Crippen molar-refractivity contribution in [1.82, 2.24) is 0 Å². The molecular weight excluding hydrogens is 212 g/mol. The van der Waals surface area contributed by atoms with Gasteiger partial charge in [-0.05, 0) is 29.5 Å². The Morgan fingerprint density at radius 3 is 2.47 bits per heavy atom. The smallest absolute Gasteiger partial charge is 0.124 e. The van der Waals surface area contributed by atoms with E-state index >= 15 is 0 Å². The van der Waals surface area contributed by atoms with Gasteiger partial charge in [-0.3, -0.25) is 0 Å². The fraction of sp³-hybridized carbons (Fsp3) is 0.600. The van der Waals surface area contributed by atoms with Gasteiger partial charge >= 0.3 is 0 Å². The fourth-order valence-corrected chi connectivity index (χ4v) is 1.64. The molecule has 0 aliphatic heterocycles. The number of unbranched alkanes of at least 4 members (excludes halogenated alkanes) is 1. The monoisotopic (exact) mass is 236 g/mol. The van der Waals surface area contributed by atoms with Crippen LogP contribution in [0.3, 0.4) is 0 Å². The Kier molecular flexibility index (Phi) is 5.01. The molecule has 0 heterocycles. The van der Waals surface area contributed by atoms with Crippen LogP contribution in [-0.2, 0) is 12.0 Å². The zero-order valence-electron chi connectivity index (χ0n) is 11.4. The molecule has 1 aromatic rings. The van der Waals surface area contributed by atoms with E-state index in [9.17, 15) is 5.11 Å². The number of rotatable bonds is 5. The average Bonchev–Trinajstić information content (AvgIpc) is 2.28. The molecule has 0 radical (unpaired) electrons. The lowest BCUT2D eigenvalue weighted by Crippen LogP contribution is -2.12. The van der Waals surface area contributed by atoms with Gasteiger partial charge in [-0.1, -0.05) is 40.2 Å². The van der Waals surface area contributed by atoms with Crippen molar-refractivity contribution in [1.29, 1.82) is 0 Å². The van der Waals surface area contributed by atoms with Crippen LogP contribution < -0.4 is 4.74 Å². The highest BCUT2D eigenvalue weighted by atomic mass is 16.5. The van der Waals surface area contributed by atoms with E-state index < -0.39 is 0 Å². The Labute approximate surface area is 105 Å². The summed E-state index contributed by atoms with van der Waals surface area (Å²) in [5.41, 5.74) is 2.21. The van der Waals surface area contributed by atoms with Crippen LogP contribution in [0, 0.1) is 0 Å². The molecule has 0 bridgehead atoms. The SMILES string of the molecule is CCCCOc1ccc(C(C)(C)C)cc1CO. The lowest BCUT2D eigenvalue weighted by molar-refractivity contribution is 0.260. The molecule has 0 aliphatic rings. The number of hydrogen-bond acceptors (Lipinski definition) is 2. The van der Waals surface area contributed by atoms with Crippen molar-refractivity contribution < 1.29 is 9.84 Å². The van der Waals surface area contributed by atoms with Gasteiger partial charge in [-0.25, -0.2) is 0 Å². The predicted octanol–water partition coefficient (Wildman–Crippen LogP) is 3.66. The summed E-state index contributed by atoms with van der Waals surface area (Å²) < 4.78 is 5.68. The minimum atomic E-state index is 0.0331. The zero-order chi connectivity index (χ0) is 12.9. The van der Waals surface area contributed by atoms with Crippen molar-refractivity contribution in [2.75, 3.05) is 6.61 Å². The molecule has 0 atom stereocenters. The highest BCUT2D eigenvalue weighted by Gasteiger charge is 2.15. The molecule has 1 aromatic carbocycles. The molecule has 0 saturated carbocycles. The van der Waals surface area contributed by atoms with Gasteiger partial charge < -0.3 is 9.84 Å². The Morgan fingerprint density at radius 1 is 1.24 bits per heavy atom. The maximum absolute atomic E-state index is 9.39. The molecule has 0 fully saturated rings. The second kappa shape index (κ2) is 6.06. The maximum Gasteiger partial charge on any atom is 0.124 e. The normalized spacial score (nSPS) is 11.6. The first-order valence-electron chi connectivity index (χ1n) is 6.36. The summed E-state index contributed by atoms with van der Waals surface area (Å²) in [5.74, 6) is 0.814. The number of aliphatic hydroxyl groups excluding tert-OH is 1. The lowest BCUT2D eigenvalue weighted by atomic mass is 9.86. The van der Waals surface area contributed by atoms with E-state index in [1.165, 1.54) is 5.56 Å². The van der Waals surface area contributed by atoms with Crippen molar-refractivity contribution in [3.63, 3.8) is 0 Å². The second-order valence-electron chi connectivity index (χ2n) is 5.43. The highest BCUT2D eigenvalue weighted by Crippen LogP contribution is 2.28. The third-order valence-corrected chi connectivity index (χ3v) is 2.85. The summed E-state index contributed by atoms with van der Waals surface area (Å²) in [6.07, 6.45) is 2.17. The van der Waals surface area contributed by atoms with Crippen LogP contribution in [0.25, 0.3) is 0 Å². The summed E-state index contributed by atoms with van der Waals surface area (Å²) in [4.78, 5) is 0. The molecule has 0 aliphatic carbocycles. The van der Waals surface area contributed by atoms with Crippen LogP contribution in [0.15, 0.2) is 18.2 Å². The molecule has 0 unspecified atom stereocenters. The van der Waals surface area contributed by atoms with Gasteiger partial charge in [0.15, 0.2) is 0 Å². The van der Waals surface area contributed by atoms with Gasteiger partial charge in [-0.2, -0.15) is 0 Å². The summed E-state index contributed by atoms with van der Waals surface area (Å²) in [6, 6.07) is 6.10. The van der Waals surface area contributed by atoms with Crippen LogP contribution in [-0.4, -0.2) is 11.7 Å². The molecule has 2 heteroatoms. The molecular formula is C15H24O2. The molecule has 0 aromatic heterocycles. The van der Waals surface area contributed by atoms with Gasteiger partial charge in [0.05, 0.1) is 13.2 Å². The maximum atomic E-state index is 9.39. The topological polar surface area (TPSA) is 29.5 Å². The van der Waals surface area contributed by atoms with Gasteiger partial charge in [0.1, 0.15) is 5.75 Å². The number of hydrogen-bond donors (Lipinski definition) is 1. The van der Waals surface area contributed by atoms with E-state index in [1.54, 1.807) is 0 Å². The minimum Gasteiger partial charge on any atom is -0.493 e. The van der Waals surface area contributed by atoms with E-state index in [0.29, 0.717) is 0 Å². The largest absolute Gasteiger partial charge is 0.493 e. The number of benzene rings is 1. The van der Waals surface area contributed by atoms with Crippen LogP contribution in [0.1, 0.15) is 51.7 Å². The Hall–Kier alpha value is -1.02. The van der Waals surface area contributed by atoms with Crippen LogP contribution in [0.4, 0.5) is 0 Å². The Balaban J connectivity index is 2.86. The quantitative estimate of drug-likeness (QED) is 0.791. The molecule has 2 nitrogen and oxygen atoms in total. The molecule has 0 saturated heterocycles. The summed E-state index contributed by atoms with van der Waals surface area (Å²) in [5, 5.41) is 9.39. The number of ether oxygens (including phenoxy) is 1. The second-order valence-corrected chi connectivity index (χ2v) is 5.43. The Bertz CT molecular complexity index is 350. The van der Waals surface area contributed by atoms with Crippen LogP contribution in [0.2, 0.25) is 0 Å². The van der Waals surface area contributed by atoms with Crippen molar-refractivity contribution in [2.24, 2.45) is 0 Å². The van der Waals surface area contributed by atoms with E-state index in [-0.39, 0.29) is 12.0 Å². The van der Waals surface area contributed by atoms with E-state index in [4.69, 9.17) is 4.74 Å². The van der Waals surface area contributed by atoms with Gasteiger partial charge in [-0.15, -0.1) is 0 Å². The van der Waals surface area contributed by atoms with Gasteiger partial charge in [0.25, 0.3) is 0 Å². The minimum absolute atomic E-state index is 0.0331. The molecule has 1 rings (SSSR count). The zero-order valence-corrected chi connectivity index (χ0v) is 11.4. The van der Waals surface area contributed by atoms with Crippen molar-refractivity contribution in [3.8, 4) is 5.75 Å². The van der Waals surface area contributed by atoms with Crippen LogP contribution in [0.5, 0.6) is 5.75 Å². The van der Waals surface area contributed by atoms with Gasteiger partial charge in [0.2, 0.25) is 0 Å². The molecule has 0 amide bonds. The number of aliphatic hydroxyl groups is 1. The first-order valence-corrected chi connectivity index (χ1v) is 6.36.